The van der Waals surface area contributed by atoms with Crippen molar-refractivity contribution in [1.29, 1.82) is 0 Å². The lowest BCUT2D eigenvalue weighted by atomic mass is 10.0. The summed E-state index contributed by atoms with van der Waals surface area (Å²) in [6.45, 7) is 2.06. The van der Waals surface area contributed by atoms with Gasteiger partial charge in [-0.25, -0.2) is 14.1 Å². The van der Waals surface area contributed by atoms with E-state index in [1.165, 1.54) is 18.5 Å². The van der Waals surface area contributed by atoms with Crippen molar-refractivity contribution >= 4 is 11.6 Å². The molecule has 0 fully saturated rings. The smallest absolute Gasteiger partial charge is 0.287 e. The topological polar surface area (TPSA) is 76.4 Å². The zero-order chi connectivity index (χ0) is 21.6. The number of nitrogens with zero attached hydrogens (tertiary/aromatic N) is 3. The van der Waals surface area contributed by atoms with Gasteiger partial charge in [-0.1, -0.05) is 42.5 Å². The lowest BCUT2D eigenvalue weighted by Gasteiger charge is -2.20. The van der Waals surface area contributed by atoms with E-state index < -0.39 is 6.04 Å². The fraction of sp³-hybridized carbons (Fsp3) is 0.125. The Kier molecular flexibility index (Phi) is 6.14. The first-order valence-corrected chi connectivity index (χ1v) is 10.0. The van der Waals surface area contributed by atoms with E-state index >= 15 is 0 Å². The van der Waals surface area contributed by atoms with Gasteiger partial charge in [0.2, 0.25) is 0 Å². The summed E-state index contributed by atoms with van der Waals surface area (Å²) in [6.07, 6.45) is 3.14. The monoisotopic (exact) mass is 416 g/mol. The molecule has 3 aromatic carbocycles. The van der Waals surface area contributed by atoms with Crippen molar-refractivity contribution < 1.29 is 14.5 Å². The number of nitrogens with two attached hydrogens (primary N) is 1. The zero-order valence-electron chi connectivity index (χ0n) is 17.0. The van der Waals surface area contributed by atoms with E-state index in [1.54, 1.807) is 23.1 Å². The first-order valence-electron chi connectivity index (χ1n) is 10.0. The highest BCUT2D eigenvalue weighted by atomic mass is 19.1. The molecule has 0 saturated heterocycles. The van der Waals surface area contributed by atoms with Crippen LogP contribution in [0.25, 0.3) is 5.69 Å². The highest BCUT2D eigenvalue weighted by Crippen LogP contribution is 2.17. The highest BCUT2D eigenvalue weighted by molar-refractivity contribution is 5.94. The molecule has 31 heavy (non-hydrogen) atoms. The van der Waals surface area contributed by atoms with E-state index in [0.717, 1.165) is 16.8 Å². The van der Waals surface area contributed by atoms with E-state index in [1.807, 2.05) is 59.9 Å². The maximum Gasteiger partial charge on any atom is 0.287 e. The van der Waals surface area contributed by atoms with Crippen LogP contribution in [0, 0.1) is 5.82 Å². The van der Waals surface area contributed by atoms with Gasteiger partial charge in [0.1, 0.15) is 24.5 Å². The van der Waals surface area contributed by atoms with Crippen LogP contribution in [0.1, 0.15) is 30.1 Å². The van der Waals surface area contributed by atoms with Crippen molar-refractivity contribution in [3.63, 3.8) is 0 Å². The van der Waals surface area contributed by atoms with Crippen LogP contribution in [0.3, 0.4) is 0 Å². The third-order valence-electron chi connectivity index (χ3n) is 5.14. The van der Waals surface area contributed by atoms with Crippen molar-refractivity contribution in [3.8, 4) is 5.69 Å². The molecule has 0 unspecified atom stereocenters. The second kappa shape index (κ2) is 9.32. The summed E-state index contributed by atoms with van der Waals surface area (Å²) in [7, 11) is 0. The largest absolute Gasteiger partial charge is 0.326 e. The highest BCUT2D eigenvalue weighted by Gasteiger charge is 2.27. The maximum absolute atomic E-state index is 13.2. The second-order valence-corrected chi connectivity index (χ2v) is 7.30. The summed E-state index contributed by atoms with van der Waals surface area (Å²) >= 11 is 0. The van der Waals surface area contributed by atoms with Gasteiger partial charge in [-0.3, -0.25) is 4.79 Å². The Hall–Kier alpha value is -3.84. The van der Waals surface area contributed by atoms with Crippen LogP contribution in [-0.4, -0.2) is 20.7 Å². The third kappa shape index (κ3) is 5.02. The van der Waals surface area contributed by atoms with Crippen molar-refractivity contribution in [2.45, 2.75) is 19.0 Å². The Morgan fingerprint density at radius 2 is 1.68 bits per heavy atom. The van der Waals surface area contributed by atoms with Gasteiger partial charge in [0.25, 0.3) is 5.91 Å². The van der Waals surface area contributed by atoms with Gasteiger partial charge in [0, 0.05) is 16.8 Å². The Bertz CT molecular complexity index is 1110. The van der Waals surface area contributed by atoms with Crippen LogP contribution in [0.15, 0.2) is 91.5 Å². The van der Waals surface area contributed by atoms with Crippen LogP contribution in [0.5, 0.6) is 0 Å². The summed E-state index contributed by atoms with van der Waals surface area (Å²) < 4.78 is 14.9. The number of carbonyl (C=O) groups excluding carboxylic acids is 1. The molecule has 1 heterocycles. The summed E-state index contributed by atoms with van der Waals surface area (Å²) in [5.41, 5.74) is 3.46. The molecule has 0 aliphatic heterocycles. The van der Waals surface area contributed by atoms with E-state index in [9.17, 15) is 9.18 Å². The molecule has 2 atom stereocenters. The van der Waals surface area contributed by atoms with E-state index in [-0.39, 0.29) is 17.8 Å². The Morgan fingerprint density at radius 3 is 2.32 bits per heavy atom. The maximum atomic E-state index is 13.2. The molecule has 1 aromatic heterocycles. The quantitative estimate of drug-likeness (QED) is 0.485. The van der Waals surface area contributed by atoms with Crippen LogP contribution in [-0.2, 0) is 4.79 Å². The van der Waals surface area contributed by atoms with Gasteiger partial charge >= 0.3 is 0 Å². The SMILES string of the molecule is C[C@H]([NH2+][C@H](C(=O)Nc1ccc(F)cc1)c1ccccc1)c1ccc(-n2cncn2)cc1. The molecule has 0 spiro atoms. The number of carbonyl (C=O) groups is 1. The van der Waals surface area contributed by atoms with Crippen LogP contribution in [0.2, 0.25) is 0 Å². The third-order valence-corrected chi connectivity index (χ3v) is 5.14. The van der Waals surface area contributed by atoms with Crippen molar-refractivity contribution in [2.24, 2.45) is 0 Å². The molecule has 0 saturated carbocycles. The average Bonchev–Trinajstić information content (AvgIpc) is 3.34. The summed E-state index contributed by atoms with van der Waals surface area (Å²) in [4.78, 5) is 17.1. The molecular weight excluding hydrogens is 393 g/mol. The van der Waals surface area contributed by atoms with Gasteiger partial charge < -0.3 is 10.6 Å². The molecule has 6 nitrogen and oxygen atoms in total. The molecule has 156 valence electrons. The number of hydrogen-bond acceptors (Lipinski definition) is 3. The van der Waals surface area contributed by atoms with Gasteiger partial charge in [-0.15, -0.1) is 0 Å². The standard InChI is InChI=1S/C24H22FN5O/c1-17(18-7-13-22(14-8-18)30-16-26-15-27-30)28-23(19-5-3-2-4-6-19)24(31)29-21-11-9-20(25)10-12-21/h2-17,23,28H,1H3,(H,29,31)/p+1/t17-,23-/m0/s1. The fourth-order valence-corrected chi connectivity index (χ4v) is 3.44. The molecule has 0 radical (unpaired) electrons. The van der Waals surface area contributed by atoms with Gasteiger partial charge in [-0.05, 0) is 43.3 Å². The molecule has 0 aliphatic carbocycles. The molecule has 4 aromatic rings. The van der Waals surface area contributed by atoms with E-state index in [0.29, 0.717) is 5.69 Å². The number of quaternary nitrogens is 1. The minimum absolute atomic E-state index is 0.0222. The van der Waals surface area contributed by atoms with Crippen molar-refractivity contribution in [3.05, 3.63) is 108 Å². The van der Waals surface area contributed by atoms with Gasteiger partial charge in [0.15, 0.2) is 6.04 Å². The minimum Gasteiger partial charge on any atom is -0.326 e. The number of anilines is 1. The molecule has 7 heteroatoms. The van der Waals surface area contributed by atoms with Crippen LogP contribution >= 0.6 is 0 Å². The first kappa shape index (κ1) is 20.4. The molecule has 1 amide bonds. The molecule has 0 aliphatic rings. The first-order chi connectivity index (χ1) is 15.1. The Morgan fingerprint density at radius 1 is 0.968 bits per heavy atom. The number of hydrogen-bond donors (Lipinski definition) is 2. The fourth-order valence-electron chi connectivity index (χ4n) is 3.44. The Balaban J connectivity index is 1.52. The van der Waals surface area contributed by atoms with Crippen molar-refractivity contribution in [1.82, 2.24) is 14.8 Å². The number of amides is 1. The second-order valence-electron chi connectivity index (χ2n) is 7.30. The van der Waals surface area contributed by atoms with E-state index in [2.05, 4.69) is 22.3 Å². The summed E-state index contributed by atoms with van der Waals surface area (Å²) in [5.74, 6) is -0.504. The summed E-state index contributed by atoms with van der Waals surface area (Å²) in [6, 6.07) is 23.0. The number of nitrogens with one attached hydrogen (secondary N) is 1. The number of rotatable bonds is 7. The van der Waals surface area contributed by atoms with Crippen molar-refractivity contribution in [2.75, 3.05) is 5.32 Å². The predicted molar refractivity (Wildman–Crippen MR) is 116 cm³/mol. The lowest BCUT2D eigenvalue weighted by Crippen LogP contribution is -2.87. The van der Waals surface area contributed by atoms with E-state index in [4.69, 9.17) is 0 Å². The Labute approximate surface area is 179 Å². The lowest BCUT2D eigenvalue weighted by molar-refractivity contribution is -0.718. The predicted octanol–water partition coefficient (Wildman–Crippen LogP) is 3.41. The minimum atomic E-state index is -0.462. The zero-order valence-corrected chi connectivity index (χ0v) is 17.0. The summed E-state index contributed by atoms with van der Waals surface area (Å²) in [5, 5.41) is 9.06. The molecule has 3 N–H and O–H groups in total. The molecule has 0 bridgehead atoms. The van der Waals surface area contributed by atoms with Gasteiger partial charge in [-0.2, -0.15) is 5.10 Å². The number of benzene rings is 3. The number of aromatic nitrogens is 3. The van der Waals surface area contributed by atoms with Gasteiger partial charge in [0.05, 0.1) is 5.69 Å². The average molecular weight is 416 g/mol. The molecular formula is C24H23FN5O+. The molecule has 4 rings (SSSR count). The van der Waals surface area contributed by atoms with Crippen LogP contribution in [0.4, 0.5) is 10.1 Å². The van der Waals surface area contributed by atoms with Crippen LogP contribution < -0.4 is 10.6 Å². The normalized spacial score (nSPS) is 12.8. The number of halogens is 1.